The Kier molecular flexibility index (Phi) is 5.18. The fourth-order valence-electron chi connectivity index (χ4n) is 2.43. The quantitative estimate of drug-likeness (QED) is 0.769. The second-order valence-corrected chi connectivity index (χ2v) is 4.99. The lowest BCUT2D eigenvalue weighted by Crippen LogP contribution is -2.20. The van der Waals surface area contributed by atoms with Crippen molar-refractivity contribution in [3.8, 4) is 0 Å². The van der Waals surface area contributed by atoms with E-state index in [4.69, 9.17) is 4.74 Å². The van der Waals surface area contributed by atoms with E-state index < -0.39 is 0 Å². The van der Waals surface area contributed by atoms with Crippen molar-refractivity contribution in [2.45, 2.75) is 57.5 Å². The van der Waals surface area contributed by atoms with Crippen LogP contribution in [0.25, 0.3) is 0 Å². The lowest BCUT2D eigenvalue weighted by atomic mass is 9.98. The van der Waals surface area contributed by atoms with Gasteiger partial charge >= 0.3 is 5.97 Å². The number of esters is 1. The van der Waals surface area contributed by atoms with Crippen molar-refractivity contribution in [2.24, 2.45) is 0 Å². The number of aromatic nitrogens is 1. The summed E-state index contributed by atoms with van der Waals surface area (Å²) in [6, 6.07) is 3.72. The van der Waals surface area contributed by atoms with Crippen molar-refractivity contribution in [3.63, 3.8) is 0 Å². The van der Waals surface area contributed by atoms with Gasteiger partial charge in [-0.05, 0) is 43.4 Å². The molecule has 0 aliphatic heterocycles. The zero-order valence-electron chi connectivity index (χ0n) is 10.8. The fourth-order valence-corrected chi connectivity index (χ4v) is 2.43. The minimum Gasteiger partial charge on any atom is -0.462 e. The van der Waals surface area contributed by atoms with Gasteiger partial charge in [0.15, 0.2) is 0 Å². The molecule has 1 heterocycles. The van der Waals surface area contributed by atoms with Gasteiger partial charge in [0.2, 0.25) is 0 Å². The Labute approximate surface area is 109 Å². The van der Waals surface area contributed by atoms with Crippen LogP contribution in [0.4, 0.5) is 0 Å². The molecule has 0 N–H and O–H groups in total. The molecule has 18 heavy (non-hydrogen) atoms. The Bertz CT molecular complexity index is 356. The van der Waals surface area contributed by atoms with Crippen LogP contribution in [0.3, 0.4) is 0 Å². The third kappa shape index (κ3) is 4.47. The summed E-state index contributed by atoms with van der Waals surface area (Å²) < 4.78 is 5.57. The molecule has 0 spiro atoms. The molecule has 0 aromatic carbocycles. The van der Waals surface area contributed by atoms with E-state index in [1.807, 2.05) is 12.1 Å². The molecule has 2 rings (SSSR count). The van der Waals surface area contributed by atoms with Crippen molar-refractivity contribution >= 4 is 5.97 Å². The first kappa shape index (κ1) is 13.1. The molecule has 1 saturated carbocycles. The number of rotatable bonds is 3. The summed E-state index contributed by atoms with van der Waals surface area (Å²) in [5.74, 6) is -0.105. The zero-order chi connectivity index (χ0) is 12.6. The average molecular weight is 247 g/mol. The Morgan fingerprint density at radius 3 is 2.39 bits per heavy atom. The first-order chi connectivity index (χ1) is 8.84. The summed E-state index contributed by atoms with van der Waals surface area (Å²) in [6.07, 6.45) is 12.2. The summed E-state index contributed by atoms with van der Waals surface area (Å²) in [6.45, 7) is 0. The van der Waals surface area contributed by atoms with Gasteiger partial charge in [-0.2, -0.15) is 0 Å². The average Bonchev–Trinajstić information content (AvgIpc) is 2.34. The van der Waals surface area contributed by atoms with Gasteiger partial charge in [0.25, 0.3) is 0 Å². The summed E-state index contributed by atoms with van der Waals surface area (Å²) >= 11 is 0. The van der Waals surface area contributed by atoms with E-state index in [0.717, 1.165) is 18.4 Å². The molecule has 1 aliphatic carbocycles. The van der Waals surface area contributed by atoms with Crippen LogP contribution in [-0.2, 0) is 16.0 Å². The molecule has 1 aromatic heterocycles. The maximum Gasteiger partial charge on any atom is 0.310 e. The molecule has 0 radical (unpaired) electrons. The molecule has 0 bridgehead atoms. The molecule has 0 atom stereocenters. The summed E-state index contributed by atoms with van der Waals surface area (Å²) in [7, 11) is 0. The monoisotopic (exact) mass is 247 g/mol. The summed E-state index contributed by atoms with van der Waals surface area (Å²) in [5, 5.41) is 0. The van der Waals surface area contributed by atoms with Gasteiger partial charge in [0.05, 0.1) is 6.42 Å². The van der Waals surface area contributed by atoms with Crippen LogP contribution in [0.1, 0.15) is 50.5 Å². The van der Waals surface area contributed by atoms with Crippen molar-refractivity contribution < 1.29 is 9.53 Å². The van der Waals surface area contributed by atoms with Crippen LogP contribution in [-0.4, -0.2) is 17.1 Å². The van der Waals surface area contributed by atoms with E-state index in [0.29, 0.717) is 6.42 Å². The highest BCUT2D eigenvalue weighted by Gasteiger charge is 2.16. The molecule has 0 saturated heterocycles. The van der Waals surface area contributed by atoms with Gasteiger partial charge in [-0.3, -0.25) is 9.78 Å². The smallest absolute Gasteiger partial charge is 0.310 e. The summed E-state index contributed by atoms with van der Waals surface area (Å²) in [4.78, 5) is 15.8. The molecule has 0 unspecified atom stereocenters. The normalized spacial score (nSPS) is 17.8. The minimum absolute atomic E-state index is 0.105. The van der Waals surface area contributed by atoms with Gasteiger partial charge in [0.1, 0.15) is 6.10 Å². The molecule has 1 aliphatic rings. The minimum atomic E-state index is -0.105. The maximum absolute atomic E-state index is 11.8. The number of carbonyl (C=O) groups excluding carboxylic acids is 1. The van der Waals surface area contributed by atoms with Gasteiger partial charge in [-0.15, -0.1) is 0 Å². The number of carbonyl (C=O) groups is 1. The van der Waals surface area contributed by atoms with Crippen LogP contribution in [0, 0.1) is 0 Å². The molecular formula is C15H21NO2. The number of pyridine rings is 1. The van der Waals surface area contributed by atoms with Gasteiger partial charge < -0.3 is 4.74 Å². The largest absolute Gasteiger partial charge is 0.462 e. The molecular weight excluding hydrogens is 226 g/mol. The number of nitrogens with zero attached hydrogens (tertiary/aromatic N) is 1. The highest BCUT2D eigenvalue weighted by molar-refractivity contribution is 5.72. The van der Waals surface area contributed by atoms with Gasteiger partial charge in [-0.1, -0.05) is 19.3 Å². The van der Waals surface area contributed by atoms with E-state index in [1.54, 1.807) is 12.4 Å². The molecule has 3 nitrogen and oxygen atoms in total. The van der Waals surface area contributed by atoms with Crippen LogP contribution in [0.2, 0.25) is 0 Å². The Balaban J connectivity index is 1.79. The predicted molar refractivity (Wildman–Crippen MR) is 70.1 cm³/mol. The van der Waals surface area contributed by atoms with Crippen molar-refractivity contribution in [1.29, 1.82) is 0 Å². The van der Waals surface area contributed by atoms with Crippen LogP contribution in [0.15, 0.2) is 24.5 Å². The second-order valence-electron chi connectivity index (χ2n) is 4.99. The number of hydrogen-bond acceptors (Lipinski definition) is 3. The first-order valence-electron chi connectivity index (χ1n) is 6.93. The third-order valence-corrected chi connectivity index (χ3v) is 3.45. The molecule has 3 heteroatoms. The molecule has 98 valence electrons. The lowest BCUT2D eigenvalue weighted by Gasteiger charge is -2.20. The predicted octanol–water partition coefficient (Wildman–Crippen LogP) is 3.28. The SMILES string of the molecule is O=C(Cc1ccncc1)OC1CCCCCCC1. The van der Waals surface area contributed by atoms with E-state index in [1.165, 1.54) is 32.1 Å². The van der Waals surface area contributed by atoms with E-state index in [-0.39, 0.29) is 12.1 Å². The van der Waals surface area contributed by atoms with Crippen LogP contribution >= 0.6 is 0 Å². The van der Waals surface area contributed by atoms with Crippen LogP contribution < -0.4 is 0 Å². The number of ether oxygens (including phenoxy) is 1. The lowest BCUT2D eigenvalue weighted by molar-refractivity contribution is -0.149. The second kappa shape index (κ2) is 7.14. The van der Waals surface area contributed by atoms with Gasteiger partial charge in [0, 0.05) is 12.4 Å². The zero-order valence-corrected chi connectivity index (χ0v) is 10.8. The molecule has 1 aromatic rings. The molecule has 1 fully saturated rings. The Hall–Kier alpha value is -1.38. The van der Waals surface area contributed by atoms with E-state index >= 15 is 0 Å². The van der Waals surface area contributed by atoms with E-state index in [9.17, 15) is 4.79 Å². The van der Waals surface area contributed by atoms with Crippen molar-refractivity contribution in [3.05, 3.63) is 30.1 Å². The molecule has 0 amide bonds. The van der Waals surface area contributed by atoms with Crippen molar-refractivity contribution in [2.75, 3.05) is 0 Å². The van der Waals surface area contributed by atoms with Crippen molar-refractivity contribution in [1.82, 2.24) is 4.98 Å². The topological polar surface area (TPSA) is 39.2 Å². The Morgan fingerprint density at radius 1 is 1.11 bits per heavy atom. The standard InChI is InChI=1S/C15H21NO2/c17-15(12-13-8-10-16-11-9-13)18-14-6-4-2-1-3-5-7-14/h8-11,14H,1-7,12H2. The number of hydrogen-bond donors (Lipinski definition) is 0. The fraction of sp³-hybridized carbons (Fsp3) is 0.600. The highest BCUT2D eigenvalue weighted by atomic mass is 16.5. The van der Waals surface area contributed by atoms with Gasteiger partial charge in [-0.25, -0.2) is 0 Å². The highest BCUT2D eigenvalue weighted by Crippen LogP contribution is 2.19. The third-order valence-electron chi connectivity index (χ3n) is 3.45. The van der Waals surface area contributed by atoms with E-state index in [2.05, 4.69) is 4.98 Å². The van der Waals surface area contributed by atoms with Crippen LogP contribution in [0.5, 0.6) is 0 Å². The Morgan fingerprint density at radius 2 is 1.72 bits per heavy atom. The summed E-state index contributed by atoms with van der Waals surface area (Å²) in [5.41, 5.74) is 0.973. The first-order valence-corrected chi connectivity index (χ1v) is 6.93. The maximum atomic E-state index is 11.8.